The fourth-order valence-corrected chi connectivity index (χ4v) is 1.48. The van der Waals surface area contributed by atoms with Crippen LogP contribution < -0.4 is 5.32 Å². The molecule has 0 saturated carbocycles. The second-order valence-corrected chi connectivity index (χ2v) is 4.33. The minimum absolute atomic E-state index is 0.0681. The lowest BCUT2D eigenvalue weighted by molar-refractivity contribution is -0.143. The molecule has 0 heterocycles. The lowest BCUT2D eigenvalue weighted by atomic mass is 10.1. The summed E-state index contributed by atoms with van der Waals surface area (Å²) in [5, 5.41) is 1.81. The minimum Gasteiger partial charge on any atom is -0.452 e. The van der Waals surface area contributed by atoms with Gasteiger partial charge in [-0.3, -0.25) is 10.1 Å². The van der Waals surface area contributed by atoms with Crippen LogP contribution in [0.25, 0.3) is 6.08 Å². The van der Waals surface area contributed by atoms with Crippen molar-refractivity contribution in [3.05, 3.63) is 41.5 Å². The van der Waals surface area contributed by atoms with E-state index in [2.05, 4.69) is 9.47 Å². The molecule has 0 fully saturated rings. The zero-order valence-corrected chi connectivity index (χ0v) is 12.6. The molecular formula is C15H14F3NO5. The van der Waals surface area contributed by atoms with E-state index in [0.717, 1.165) is 24.3 Å². The quantitative estimate of drug-likeness (QED) is 0.655. The van der Waals surface area contributed by atoms with E-state index in [-0.39, 0.29) is 12.2 Å². The van der Waals surface area contributed by atoms with Crippen LogP contribution in [0, 0.1) is 0 Å². The summed E-state index contributed by atoms with van der Waals surface area (Å²) >= 11 is 0. The van der Waals surface area contributed by atoms with Crippen LogP contribution in [-0.4, -0.2) is 31.2 Å². The van der Waals surface area contributed by atoms with Gasteiger partial charge in [-0.2, -0.15) is 13.2 Å². The highest BCUT2D eigenvalue weighted by Crippen LogP contribution is 2.29. The van der Waals surface area contributed by atoms with Gasteiger partial charge in [-0.05, 0) is 30.7 Å². The third kappa shape index (κ3) is 6.95. The summed E-state index contributed by atoms with van der Waals surface area (Å²) in [5.41, 5.74) is -0.718. The Kier molecular flexibility index (Phi) is 6.97. The van der Waals surface area contributed by atoms with Crippen molar-refractivity contribution in [1.82, 2.24) is 5.32 Å². The Hall–Kier alpha value is -2.84. The molecule has 0 aliphatic rings. The van der Waals surface area contributed by atoms with Crippen molar-refractivity contribution >= 4 is 24.0 Å². The molecule has 0 unspecified atom stereocenters. The first-order valence-electron chi connectivity index (χ1n) is 6.71. The van der Waals surface area contributed by atoms with E-state index >= 15 is 0 Å². The number of hydrogen-bond donors (Lipinski definition) is 1. The van der Waals surface area contributed by atoms with Gasteiger partial charge in [-0.15, -0.1) is 0 Å². The minimum atomic E-state index is -4.49. The Balaban J connectivity index is 2.52. The second kappa shape index (κ2) is 8.70. The van der Waals surface area contributed by atoms with Crippen LogP contribution in [0.1, 0.15) is 18.1 Å². The molecule has 130 valence electrons. The van der Waals surface area contributed by atoms with Gasteiger partial charge in [0.25, 0.3) is 5.91 Å². The molecule has 0 atom stereocenters. The van der Waals surface area contributed by atoms with E-state index in [9.17, 15) is 27.6 Å². The average molecular weight is 345 g/mol. The van der Waals surface area contributed by atoms with Crippen molar-refractivity contribution in [2.24, 2.45) is 0 Å². The van der Waals surface area contributed by atoms with Crippen LogP contribution in [0.15, 0.2) is 30.3 Å². The smallest absolute Gasteiger partial charge is 0.416 e. The summed E-state index contributed by atoms with van der Waals surface area (Å²) in [7, 11) is 0. The average Bonchev–Trinajstić information content (AvgIpc) is 2.50. The standard InChI is InChI=1S/C15H14F3NO5/c1-2-23-14(22)19-12(20)9-24-13(21)7-6-10-4-3-5-11(8-10)15(16,17)18/h3-8H,2,9H2,1H3,(H,19,20,22)/b7-6+. The van der Waals surface area contributed by atoms with Crippen molar-refractivity contribution in [2.75, 3.05) is 13.2 Å². The van der Waals surface area contributed by atoms with E-state index < -0.39 is 36.3 Å². The number of nitrogens with one attached hydrogen (secondary N) is 1. The maximum absolute atomic E-state index is 12.5. The highest BCUT2D eigenvalue weighted by molar-refractivity contribution is 5.94. The number of rotatable bonds is 5. The topological polar surface area (TPSA) is 81.7 Å². The number of benzene rings is 1. The van der Waals surface area contributed by atoms with Gasteiger partial charge in [-0.1, -0.05) is 12.1 Å². The van der Waals surface area contributed by atoms with Crippen molar-refractivity contribution in [3.63, 3.8) is 0 Å². The third-order valence-corrected chi connectivity index (χ3v) is 2.49. The monoisotopic (exact) mass is 345 g/mol. The summed E-state index contributed by atoms with van der Waals surface area (Å²) in [6.45, 7) is 0.881. The zero-order chi connectivity index (χ0) is 18.2. The van der Waals surface area contributed by atoms with Crippen molar-refractivity contribution < 1.29 is 37.0 Å². The zero-order valence-electron chi connectivity index (χ0n) is 12.6. The number of esters is 1. The number of amides is 2. The summed E-state index contributed by atoms with van der Waals surface area (Å²) in [6.07, 6.45) is -3.48. The molecule has 0 aliphatic carbocycles. The summed E-state index contributed by atoms with van der Waals surface area (Å²) in [4.78, 5) is 33.5. The predicted octanol–water partition coefficient (Wildman–Crippen LogP) is 2.53. The molecule has 0 saturated heterocycles. The lowest BCUT2D eigenvalue weighted by Crippen LogP contribution is -2.34. The van der Waals surface area contributed by atoms with Gasteiger partial charge in [0.05, 0.1) is 12.2 Å². The van der Waals surface area contributed by atoms with Crippen LogP contribution in [-0.2, 0) is 25.2 Å². The molecular weight excluding hydrogens is 331 g/mol. The van der Waals surface area contributed by atoms with E-state index in [4.69, 9.17) is 0 Å². The van der Waals surface area contributed by atoms with Crippen molar-refractivity contribution in [1.29, 1.82) is 0 Å². The van der Waals surface area contributed by atoms with Gasteiger partial charge in [0.15, 0.2) is 6.61 Å². The van der Waals surface area contributed by atoms with E-state index in [1.54, 1.807) is 6.92 Å². The van der Waals surface area contributed by atoms with E-state index in [1.165, 1.54) is 12.1 Å². The normalized spacial score (nSPS) is 11.2. The Morgan fingerprint density at radius 3 is 2.54 bits per heavy atom. The SMILES string of the molecule is CCOC(=O)NC(=O)COC(=O)/C=C/c1cccc(C(F)(F)F)c1. The lowest BCUT2D eigenvalue weighted by Gasteiger charge is -2.06. The molecule has 0 aromatic heterocycles. The molecule has 0 spiro atoms. The molecule has 1 aromatic carbocycles. The molecule has 9 heteroatoms. The van der Waals surface area contributed by atoms with E-state index in [1.807, 2.05) is 5.32 Å². The Morgan fingerprint density at radius 2 is 1.92 bits per heavy atom. The van der Waals surface area contributed by atoms with Gasteiger partial charge in [0, 0.05) is 6.08 Å². The molecule has 1 aromatic rings. The highest BCUT2D eigenvalue weighted by atomic mass is 19.4. The first kappa shape index (κ1) is 19.2. The van der Waals surface area contributed by atoms with Crippen LogP contribution in [0.3, 0.4) is 0 Å². The summed E-state index contributed by atoms with van der Waals surface area (Å²) in [5.74, 6) is -1.85. The number of alkyl halides is 3. The van der Waals surface area contributed by atoms with Gasteiger partial charge >= 0.3 is 18.2 Å². The molecule has 1 rings (SSSR count). The number of carbonyl (C=O) groups excluding carboxylic acids is 3. The Labute approximate surface area is 135 Å². The molecule has 0 radical (unpaired) electrons. The number of imide groups is 1. The summed E-state index contributed by atoms with van der Waals surface area (Å²) in [6, 6.07) is 4.32. The molecule has 2 amide bonds. The van der Waals surface area contributed by atoms with Gasteiger partial charge < -0.3 is 9.47 Å². The van der Waals surface area contributed by atoms with Crippen molar-refractivity contribution in [2.45, 2.75) is 13.1 Å². The first-order valence-corrected chi connectivity index (χ1v) is 6.71. The fraction of sp³-hybridized carbons (Fsp3) is 0.267. The Morgan fingerprint density at radius 1 is 1.21 bits per heavy atom. The predicted molar refractivity (Wildman–Crippen MR) is 76.6 cm³/mol. The Bertz CT molecular complexity index is 640. The second-order valence-electron chi connectivity index (χ2n) is 4.33. The number of alkyl carbamates (subject to hydrolysis) is 1. The third-order valence-electron chi connectivity index (χ3n) is 2.49. The van der Waals surface area contributed by atoms with Gasteiger partial charge in [-0.25, -0.2) is 9.59 Å². The number of carbonyl (C=O) groups is 3. The maximum Gasteiger partial charge on any atom is 0.416 e. The molecule has 24 heavy (non-hydrogen) atoms. The fourth-order valence-electron chi connectivity index (χ4n) is 1.48. The van der Waals surface area contributed by atoms with Crippen LogP contribution >= 0.6 is 0 Å². The van der Waals surface area contributed by atoms with Crippen LogP contribution in [0.2, 0.25) is 0 Å². The van der Waals surface area contributed by atoms with E-state index in [0.29, 0.717) is 0 Å². The number of halogens is 3. The van der Waals surface area contributed by atoms with Gasteiger partial charge in [0.2, 0.25) is 0 Å². The number of hydrogen-bond acceptors (Lipinski definition) is 5. The van der Waals surface area contributed by atoms with Crippen LogP contribution in [0.4, 0.5) is 18.0 Å². The largest absolute Gasteiger partial charge is 0.452 e. The molecule has 0 bridgehead atoms. The molecule has 6 nitrogen and oxygen atoms in total. The maximum atomic E-state index is 12.5. The highest BCUT2D eigenvalue weighted by Gasteiger charge is 2.30. The molecule has 0 aliphatic heterocycles. The number of ether oxygens (including phenoxy) is 2. The van der Waals surface area contributed by atoms with Gasteiger partial charge in [0.1, 0.15) is 0 Å². The molecule has 1 N–H and O–H groups in total. The first-order chi connectivity index (χ1) is 11.2. The van der Waals surface area contributed by atoms with Crippen LogP contribution in [0.5, 0.6) is 0 Å². The van der Waals surface area contributed by atoms with Crippen molar-refractivity contribution in [3.8, 4) is 0 Å². The summed E-state index contributed by atoms with van der Waals surface area (Å²) < 4.78 is 46.6.